The van der Waals surface area contributed by atoms with E-state index in [0.717, 1.165) is 19.3 Å². The molecule has 0 radical (unpaired) electrons. The Morgan fingerprint density at radius 1 is 1.43 bits per heavy atom. The van der Waals surface area contributed by atoms with Gasteiger partial charge >= 0.3 is 5.97 Å². The average molecular weight is 291 g/mol. The Hall–Kier alpha value is -1.98. The summed E-state index contributed by atoms with van der Waals surface area (Å²) in [6.45, 7) is 3.82. The fourth-order valence-electron chi connectivity index (χ4n) is 2.87. The van der Waals surface area contributed by atoms with Crippen molar-refractivity contribution in [1.29, 1.82) is 0 Å². The molecule has 0 aliphatic heterocycles. The summed E-state index contributed by atoms with van der Waals surface area (Å²) in [6, 6.07) is 0. The van der Waals surface area contributed by atoms with Gasteiger partial charge in [0.05, 0.1) is 11.3 Å². The Morgan fingerprint density at radius 2 is 2.10 bits per heavy atom. The molecule has 1 heterocycles. The third-order valence-corrected chi connectivity index (χ3v) is 4.45. The first kappa shape index (κ1) is 15.4. The van der Waals surface area contributed by atoms with E-state index in [9.17, 15) is 14.7 Å². The maximum Gasteiger partial charge on any atom is 0.329 e. The number of carbonyl (C=O) groups is 2. The second-order valence-corrected chi connectivity index (χ2v) is 5.71. The van der Waals surface area contributed by atoms with Crippen molar-refractivity contribution in [3.05, 3.63) is 23.8 Å². The zero-order valence-corrected chi connectivity index (χ0v) is 12.4. The number of hydrogen-bond donors (Lipinski definition) is 2. The number of nitrogens with one attached hydrogen (secondary N) is 1. The third-order valence-electron chi connectivity index (χ3n) is 4.45. The molecule has 0 aromatic carbocycles. The van der Waals surface area contributed by atoms with Crippen LogP contribution < -0.4 is 5.32 Å². The lowest BCUT2D eigenvalue weighted by molar-refractivity contribution is -0.146. The van der Waals surface area contributed by atoms with Gasteiger partial charge in [-0.2, -0.15) is 0 Å². The standard InChI is InChI=1S/C15H21N3O3/c1-3-11-4-6-15(7-5-11,14(20)21)18-13(19)12-8-16-9-17-10(12)2/h8-9,11H,3-7H2,1-2H3,(H,18,19)(H,20,21). The van der Waals surface area contributed by atoms with Gasteiger partial charge in [-0.25, -0.2) is 14.8 Å². The van der Waals surface area contributed by atoms with Crippen molar-refractivity contribution in [3.8, 4) is 0 Å². The highest BCUT2D eigenvalue weighted by Crippen LogP contribution is 2.34. The summed E-state index contributed by atoms with van der Waals surface area (Å²) in [4.78, 5) is 31.8. The lowest BCUT2D eigenvalue weighted by Crippen LogP contribution is -2.56. The van der Waals surface area contributed by atoms with Crippen LogP contribution in [0.2, 0.25) is 0 Å². The van der Waals surface area contributed by atoms with Crippen LogP contribution >= 0.6 is 0 Å². The molecule has 0 spiro atoms. The molecule has 1 aromatic heterocycles. The number of nitrogens with zero attached hydrogens (tertiary/aromatic N) is 2. The minimum atomic E-state index is -1.16. The van der Waals surface area contributed by atoms with Crippen LogP contribution in [0, 0.1) is 12.8 Å². The molecule has 2 N–H and O–H groups in total. The molecule has 1 amide bonds. The van der Waals surface area contributed by atoms with Gasteiger partial charge in [0.1, 0.15) is 11.9 Å². The minimum absolute atomic E-state index is 0.329. The second-order valence-electron chi connectivity index (χ2n) is 5.71. The van der Waals surface area contributed by atoms with E-state index >= 15 is 0 Å². The van der Waals surface area contributed by atoms with Crippen LogP contribution in [0.4, 0.5) is 0 Å². The summed E-state index contributed by atoms with van der Waals surface area (Å²) in [5.74, 6) is -0.818. The van der Waals surface area contributed by atoms with Crippen molar-refractivity contribution in [2.45, 2.75) is 51.5 Å². The Labute approximate surface area is 124 Å². The quantitative estimate of drug-likeness (QED) is 0.884. The van der Waals surface area contributed by atoms with Crippen molar-refractivity contribution < 1.29 is 14.7 Å². The van der Waals surface area contributed by atoms with Gasteiger partial charge in [-0.05, 0) is 38.5 Å². The second kappa shape index (κ2) is 6.20. The third kappa shape index (κ3) is 3.20. The normalized spacial score (nSPS) is 25.3. The number of aliphatic carboxylic acids is 1. The van der Waals surface area contributed by atoms with Crippen molar-refractivity contribution in [2.24, 2.45) is 5.92 Å². The molecule has 0 unspecified atom stereocenters. The number of aromatic nitrogens is 2. The predicted molar refractivity (Wildman–Crippen MR) is 76.9 cm³/mol. The molecule has 1 saturated carbocycles. The summed E-state index contributed by atoms with van der Waals surface area (Å²) >= 11 is 0. The van der Waals surface area contributed by atoms with Crippen LogP contribution in [0.3, 0.4) is 0 Å². The average Bonchev–Trinajstić information content (AvgIpc) is 2.48. The number of hydrogen-bond acceptors (Lipinski definition) is 4. The topological polar surface area (TPSA) is 92.2 Å². The molecular formula is C15H21N3O3. The van der Waals surface area contributed by atoms with Crippen molar-refractivity contribution in [2.75, 3.05) is 0 Å². The van der Waals surface area contributed by atoms with Crippen LogP contribution in [0.1, 0.15) is 55.1 Å². The molecule has 1 aliphatic rings. The molecule has 21 heavy (non-hydrogen) atoms. The smallest absolute Gasteiger partial charge is 0.329 e. The van der Waals surface area contributed by atoms with Crippen LogP contribution in [-0.2, 0) is 4.79 Å². The summed E-state index contributed by atoms with van der Waals surface area (Å²) < 4.78 is 0. The largest absolute Gasteiger partial charge is 0.480 e. The molecule has 0 atom stereocenters. The van der Waals surface area contributed by atoms with Gasteiger partial charge < -0.3 is 10.4 Å². The molecular weight excluding hydrogens is 270 g/mol. The molecule has 2 rings (SSSR count). The number of amides is 1. The Kier molecular flexibility index (Phi) is 4.55. The lowest BCUT2D eigenvalue weighted by atomic mass is 9.75. The Morgan fingerprint density at radius 3 is 2.62 bits per heavy atom. The SMILES string of the molecule is CCC1CCC(NC(=O)c2cncnc2C)(C(=O)O)CC1. The Bertz CT molecular complexity index is 537. The van der Waals surface area contributed by atoms with Crippen molar-refractivity contribution >= 4 is 11.9 Å². The van der Waals surface area contributed by atoms with E-state index in [2.05, 4.69) is 22.2 Å². The molecule has 0 saturated heterocycles. The van der Waals surface area contributed by atoms with E-state index < -0.39 is 17.4 Å². The summed E-state index contributed by atoms with van der Waals surface area (Å²) in [5, 5.41) is 12.3. The van der Waals surface area contributed by atoms with Gasteiger partial charge in [-0.15, -0.1) is 0 Å². The highest BCUT2D eigenvalue weighted by atomic mass is 16.4. The van der Waals surface area contributed by atoms with Crippen LogP contribution in [0.25, 0.3) is 0 Å². The van der Waals surface area contributed by atoms with Crippen LogP contribution in [-0.4, -0.2) is 32.5 Å². The summed E-state index contributed by atoms with van der Waals surface area (Å²) in [5.41, 5.74) is -0.286. The summed E-state index contributed by atoms with van der Waals surface area (Å²) in [6.07, 6.45) is 6.44. The number of carboxylic acid groups (broad SMARTS) is 1. The van der Waals surface area contributed by atoms with Gasteiger partial charge in [-0.1, -0.05) is 13.3 Å². The minimum Gasteiger partial charge on any atom is -0.480 e. The fourth-order valence-corrected chi connectivity index (χ4v) is 2.87. The van der Waals surface area contributed by atoms with Gasteiger partial charge in [0.15, 0.2) is 0 Å². The maximum absolute atomic E-state index is 12.3. The van der Waals surface area contributed by atoms with E-state index in [4.69, 9.17) is 0 Å². The molecule has 6 heteroatoms. The number of rotatable bonds is 4. The zero-order valence-electron chi connectivity index (χ0n) is 12.4. The zero-order chi connectivity index (χ0) is 15.5. The van der Waals surface area contributed by atoms with Gasteiger partial charge in [0.2, 0.25) is 0 Å². The Balaban J connectivity index is 2.16. The lowest BCUT2D eigenvalue weighted by Gasteiger charge is -2.37. The van der Waals surface area contributed by atoms with E-state index in [1.165, 1.54) is 12.5 Å². The molecule has 6 nitrogen and oxygen atoms in total. The van der Waals surface area contributed by atoms with Crippen molar-refractivity contribution in [1.82, 2.24) is 15.3 Å². The molecule has 114 valence electrons. The van der Waals surface area contributed by atoms with Gasteiger partial charge in [0.25, 0.3) is 5.91 Å². The molecule has 1 aliphatic carbocycles. The van der Waals surface area contributed by atoms with E-state index in [0.29, 0.717) is 30.0 Å². The first-order valence-electron chi connectivity index (χ1n) is 7.31. The fraction of sp³-hybridized carbons (Fsp3) is 0.600. The van der Waals surface area contributed by atoms with Crippen LogP contribution in [0.5, 0.6) is 0 Å². The number of aryl methyl sites for hydroxylation is 1. The number of carbonyl (C=O) groups excluding carboxylic acids is 1. The van der Waals surface area contributed by atoms with Gasteiger partial charge in [-0.3, -0.25) is 4.79 Å². The van der Waals surface area contributed by atoms with E-state index in [1.54, 1.807) is 6.92 Å². The van der Waals surface area contributed by atoms with E-state index in [-0.39, 0.29) is 0 Å². The molecule has 0 bridgehead atoms. The van der Waals surface area contributed by atoms with Gasteiger partial charge in [0, 0.05) is 6.20 Å². The first-order chi connectivity index (χ1) is 9.98. The predicted octanol–water partition coefficient (Wildman–Crippen LogP) is 1.94. The highest BCUT2D eigenvalue weighted by molar-refractivity contribution is 5.98. The number of carboxylic acids is 1. The van der Waals surface area contributed by atoms with Crippen LogP contribution in [0.15, 0.2) is 12.5 Å². The monoisotopic (exact) mass is 291 g/mol. The maximum atomic E-state index is 12.3. The highest BCUT2D eigenvalue weighted by Gasteiger charge is 2.43. The van der Waals surface area contributed by atoms with E-state index in [1.807, 2.05) is 0 Å². The summed E-state index contributed by atoms with van der Waals surface area (Å²) in [7, 11) is 0. The molecule has 1 aromatic rings. The molecule has 1 fully saturated rings. The first-order valence-corrected chi connectivity index (χ1v) is 7.31. The van der Waals surface area contributed by atoms with Crippen molar-refractivity contribution in [3.63, 3.8) is 0 Å².